The van der Waals surface area contributed by atoms with Crippen molar-refractivity contribution in [2.24, 2.45) is 11.3 Å². The van der Waals surface area contributed by atoms with E-state index in [4.69, 9.17) is 4.98 Å². The van der Waals surface area contributed by atoms with E-state index in [-0.39, 0.29) is 16.9 Å². The standard InChI is InChI=1S/C28H33N3O2S/c1-28(2,3)20-9-10-21-22(17-20)34-27-25(21)26(33)29-23(30-27)11-12-24(32)31-15-13-19(14-16-31)18-7-5-4-6-8-18/h4-8,13,20H,9-12,14-17H2,1-3H3,(H,29,30,33). The second-order valence-corrected chi connectivity index (χ2v) is 11.8. The van der Waals surface area contributed by atoms with Crippen LogP contribution in [0.4, 0.5) is 0 Å². The summed E-state index contributed by atoms with van der Waals surface area (Å²) in [5.41, 5.74) is 3.96. The first-order valence-electron chi connectivity index (χ1n) is 12.4. The molecule has 2 aromatic heterocycles. The summed E-state index contributed by atoms with van der Waals surface area (Å²) in [6.45, 7) is 8.28. The second kappa shape index (κ2) is 9.14. The molecule has 3 heterocycles. The van der Waals surface area contributed by atoms with E-state index in [0.717, 1.165) is 42.4 Å². The van der Waals surface area contributed by atoms with Gasteiger partial charge in [-0.05, 0) is 53.7 Å². The van der Waals surface area contributed by atoms with E-state index in [1.807, 2.05) is 23.1 Å². The van der Waals surface area contributed by atoms with Gasteiger partial charge >= 0.3 is 0 Å². The summed E-state index contributed by atoms with van der Waals surface area (Å²) in [5.74, 6) is 1.36. The van der Waals surface area contributed by atoms with Gasteiger partial charge in [-0.25, -0.2) is 4.98 Å². The van der Waals surface area contributed by atoms with E-state index in [2.05, 4.69) is 44.0 Å². The van der Waals surface area contributed by atoms with E-state index in [1.165, 1.54) is 21.6 Å². The molecule has 178 valence electrons. The summed E-state index contributed by atoms with van der Waals surface area (Å²) >= 11 is 1.67. The molecule has 34 heavy (non-hydrogen) atoms. The molecule has 0 radical (unpaired) electrons. The molecule has 0 bridgehead atoms. The molecule has 0 fully saturated rings. The summed E-state index contributed by atoms with van der Waals surface area (Å²) in [7, 11) is 0. The van der Waals surface area contributed by atoms with Crippen molar-refractivity contribution in [2.75, 3.05) is 13.1 Å². The number of aromatic nitrogens is 2. The number of thiophene rings is 1. The van der Waals surface area contributed by atoms with Gasteiger partial charge in [0.25, 0.3) is 5.56 Å². The van der Waals surface area contributed by atoms with E-state index >= 15 is 0 Å². The smallest absolute Gasteiger partial charge is 0.259 e. The summed E-state index contributed by atoms with van der Waals surface area (Å²) < 4.78 is 0. The van der Waals surface area contributed by atoms with Crippen LogP contribution in [0.25, 0.3) is 15.8 Å². The van der Waals surface area contributed by atoms with Crippen molar-refractivity contribution in [3.05, 3.63) is 68.6 Å². The fraction of sp³-hybridized carbons (Fsp3) is 0.464. The highest BCUT2D eigenvalue weighted by atomic mass is 32.1. The molecule has 1 aliphatic heterocycles. The molecule has 0 saturated carbocycles. The monoisotopic (exact) mass is 475 g/mol. The van der Waals surface area contributed by atoms with Gasteiger partial charge in [0.15, 0.2) is 0 Å². The minimum atomic E-state index is -0.0485. The Kier molecular flexibility index (Phi) is 6.19. The Morgan fingerprint density at radius 1 is 1.21 bits per heavy atom. The van der Waals surface area contributed by atoms with Crippen molar-refractivity contribution in [1.82, 2.24) is 14.9 Å². The first-order chi connectivity index (χ1) is 16.3. The molecule has 1 N–H and O–H groups in total. The molecular weight excluding hydrogens is 442 g/mol. The number of benzene rings is 1. The summed E-state index contributed by atoms with van der Waals surface area (Å²) in [6, 6.07) is 10.4. The van der Waals surface area contributed by atoms with Gasteiger partial charge in [-0.15, -0.1) is 11.3 Å². The van der Waals surface area contributed by atoms with Gasteiger partial charge in [0.1, 0.15) is 10.7 Å². The molecular formula is C28H33N3O2S. The molecule has 0 saturated heterocycles. The predicted octanol–water partition coefficient (Wildman–Crippen LogP) is 5.38. The highest BCUT2D eigenvalue weighted by molar-refractivity contribution is 7.18. The minimum Gasteiger partial charge on any atom is -0.339 e. The van der Waals surface area contributed by atoms with Crippen LogP contribution in [0.1, 0.15) is 61.9 Å². The Hall–Kier alpha value is -2.73. The highest BCUT2D eigenvalue weighted by Gasteiger charge is 2.31. The lowest BCUT2D eigenvalue weighted by atomic mass is 9.72. The topological polar surface area (TPSA) is 66.1 Å². The van der Waals surface area contributed by atoms with Crippen molar-refractivity contribution in [1.29, 1.82) is 0 Å². The van der Waals surface area contributed by atoms with Crippen LogP contribution in [-0.2, 0) is 24.1 Å². The van der Waals surface area contributed by atoms with Crippen molar-refractivity contribution in [3.8, 4) is 0 Å². The average molecular weight is 476 g/mol. The Morgan fingerprint density at radius 2 is 2.00 bits per heavy atom. The van der Waals surface area contributed by atoms with Crippen LogP contribution in [0.5, 0.6) is 0 Å². The maximum Gasteiger partial charge on any atom is 0.259 e. The summed E-state index contributed by atoms with van der Waals surface area (Å²) in [4.78, 5) is 37.6. The van der Waals surface area contributed by atoms with Gasteiger partial charge < -0.3 is 9.88 Å². The van der Waals surface area contributed by atoms with Crippen LogP contribution in [0, 0.1) is 11.3 Å². The van der Waals surface area contributed by atoms with Crippen LogP contribution in [0.3, 0.4) is 0 Å². The van der Waals surface area contributed by atoms with E-state index in [0.29, 0.717) is 31.1 Å². The lowest BCUT2D eigenvalue weighted by molar-refractivity contribution is -0.130. The number of carbonyl (C=O) groups is 1. The Balaban J connectivity index is 1.26. The van der Waals surface area contributed by atoms with Crippen LogP contribution in [-0.4, -0.2) is 33.9 Å². The van der Waals surface area contributed by atoms with Crippen molar-refractivity contribution in [2.45, 2.75) is 59.3 Å². The first kappa shape index (κ1) is 23.0. The normalized spacial score (nSPS) is 18.6. The number of hydrogen-bond acceptors (Lipinski definition) is 4. The number of amides is 1. The average Bonchev–Trinajstić information content (AvgIpc) is 3.21. The highest BCUT2D eigenvalue weighted by Crippen LogP contribution is 2.42. The molecule has 1 aromatic carbocycles. The molecule has 1 aliphatic carbocycles. The van der Waals surface area contributed by atoms with Crippen LogP contribution < -0.4 is 5.56 Å². The Morgan fingerprint density at radius 3 is 2.71 bits per heavy atom. The zero-order valence-corrected chi connectivity index (χ0v) is 21.1. The molecule has 3 aromatic rings. The quantitative estimate of drug-likeness (QED) is 0.551. The third-order valence-electron chi connectivity index (χ3n) is 7.47. The van der Waals surface area contributed by atoms with Gasteiger partial charge in [0.05, 0.1) is 5.39 Å². The first-order valence-corrected chi connectivity index (χ1v) is 13.2. The number of aromatic amines is 1. The molecule has 6 heteroatoms. The zero-order valence-electron chi connectivity index (χ0n) is 20.3. The van der Waals surface area contributed by atoms with Gasteiger partial charge in [0.2, 0.25) is 5.91 Å². The van der Waals surface area contributed by atoms with Gasteiger partial charge in [-0.3, -0.25) is 9.59 Å². The van der Waals surface area contributed by atoms with Gasteiger partial charge in [-0.2, -0.15) is 0 Å². The number of fused-ring (bicyclic) bond motifs is 3. The second-order valence-electron chi connectivity index (χ2n) is 10.7. The molecule has 5 rings (SSSR count). The number of rotatable bonds is 4. The van der Waals surface area contributed by atoms with Crippen molar-refractivity contribution < 1.29 is 4.79 Å². The third kappa shape index (κ3) is 4.61. The molecule has 1 unspecified atom stereocenters. The minimum absolute atomic E-state index is 0.0485. The number of nitrogens with zero attached hydrogens (tertiary/aromatic N) is 2. The molecule has 5 nitrogen and oxygen atoms in total. The fourth-order valence-corrected chi connectivity index (χ4v) is 6.60. The number of aryl methyl sites for hydroxylation is 2. The summed E-state index contributed by atoms with van der Waals surface area (Å²) in [5, 5.41) is 0.775. The summed E-state index contributed by atoms with van der Waals surface area (Å²) in [6.07, 6.45) is 6.95. The zero-order chi connectivity index (χ0) is 23.9. The van der Waals surface area contributed by atoms with E-state index in [9.17, 15) is 9.59 Å². The van der Waals surface area contributed by atoms with Crippen LogP contribution in [0.15, 0.2) is 41.2 Å². The van der Waals surface area contributed by atoms with Crippen molar-refractivity contribution >= 4 is 33.0 Å². The lowest BCUT2D eigenvalue weighted by Crippen LogP contribution is -2.35. The Labute approximate surface area is 204 Å². The van der Waals surface area contributed by atoms with Crippen LogP contribution >= 0.6 is 11.3 Å². The Bertz CT molecular complexity index is 1300. The number of carbonyl (C=O) groups excluding carboxylic acids is 1. The maximum atomic E-state index is 12.9. The third-order valence-corrected chi connectivity index (χ3v) is 8.62. The molecule has 1 amide bonds. The predicted molar refractivity (Wildman–Crippen MR) is 139 cm³/mol. The van der Waals surface area contributed by atoms with E-state index in [1.54, 1.807) is 11.3 Å². The van der Waals surface area contributed by atoms with Gasteiger partial charge in [0, 0.05) is 30.8 Å². The maximum absolute atomic E-state index is 12.9. The van der Waals surface area contributed by atoms with Crippen LogP contribution in [0.2, 0.25) is 0 Å². The van der Waals surface area contributed by atoms with E-state index < -0.39 is 0 Å². The lowest BCUT2D eigenvalue weighted by Gasteiger charge is -2.33. The van der Waals surface area contributed by atoms with Crippen molar-refractivity contribution in [3.63, 3.8) is 0 Å². The largest absolute Gasteiger partial charge is 0.339 e. The van der Waals surface area contributed by atoms with Gasteiger partial charge in [-0.1, -0.05) is 57.2 Å². The number of H-pyrrole nitrogens is 1. The molecule has 0 spiro atoms. The SMILES string of the molecule is CC(C)(C)C1CCc2c(sc3nc(CCC(=O)N4CC=C(c5ccccc5)CC4)[nH]c(=O)c23)C1. The fourth-order valence-electron chi connectivity index (χ4n) is 5.28. The number of nitrogens with one attached hydrogen (secondary N) is 1. The number of hydrogen-bond donors (Lipinski definition) is 1. The molecule has 1 atom stereocenters. The molecule has 2 aliphatic rings.